The molecule has 4 heteroatoms. The van der Waals surface area contributed by atoms with Gasteiger partial charge in [0.15, 0.2) is 0 Å². The molecule has 2 aliphatic rings. The number of rotatable bonds is 7. The monoisotopic (exact) mass is 228 g/mol. The zero-order valence-corrected chi connectivity index (χ0v) is 10.1. The van der Waals surface area contributed by atoms with E-state index in [0.29, 0.717) is 12.0 Å². The van der Waals surface area contributed by atoms with Crippen LogP contribution in [0.3, 0.4) is 0 Å². The molecule has 3 nitrogen and oxygen atoms in total. The lowest BCUT2D eigenvalue weighted by Crippen LogP contribution is -2.60. The Hall–Kier alpha value is -0.220. The minimum atomic E-state index is -0.401. The Morgan fingerprint density at radius 1 is 1.47 bits per heavy atom. The Labute approximate surface area is 95.6 Å². The van der Waals surface area contributed by atoms with Crippen molar-refractivity contribution >= 4 is 17.7 Å². The normalized spacial score (nSPS) is 24.9. The topological polar surface area (TPSA) is 55.1 Å². The first-order valence-electron chi connectivity index (χ1n) is 5.84. The highest BCUT2D eigenvalue weighted by Crippen LogP contribution is 2.43. The molecule has 2 aliphatic carbocycles. The zero-order chi connectivity index (χ0) is 10.9. The molecular weight excluding hydrogens is 208 g/mol. The zero-order valence-electron chi connectivity index (χ0n) is 9.29. The van der Waals surface area contributed by atoms with Crippen LogP contribution in [0.1, 0.15) is 32.6 Å². The van der Waals surface area contributed by atoms with Crippen LogP contribution in [-0.2, 0) is 4.79 Å². The first kappa shape index (κ1) is 11.3. The van der Waals surface area contributed by atoms with Crippen molar-refractivity contribution in [3.8, 4) is 0 Å². The fourth-order valence-electron chi connectivity index (χ4n) is 2.05. The number of hydrogen-bond acceptors (Lipinski definition) is 3. The van der Waals surface area contributed by atoms with Crippen molar-refractivity contribution in [1.82, 2.24) is 5.32 Å². The molecule has 2 saturated carbocycles. The van der Waals surface area contributed by atoms with Crippen LogP contribution in [-0.4, -0.2) is 29.0 Å². The molecular formula is C11H20N2OS. The Balaban J connectivity index is 2.04. The summed E-state index contributed by atoms with van der Waals surface area (Å²) in [5.74, 6) is 2.25. The van der Waals surface area contributed by atoms with Crippen LogP contribution in [0.15, 0.2) is 0 Å². The minimum absolute atomic E-state index is 0.141. The Kier molecular flexibility index (Phi) is 3.26. The quantitative estimate of drug-likeness (QED) is 0.686. The van der Waals surface area contributed by atoms with E-state index in [-0.39, 0.29) is 5.91 Å². The van der Waals surface area contributed by atoms with Crippen molar-refractivity contribution in [1.29, 1.82) is 0 Å². The van der Waals surface area contributed by atoms with E-state index < -0.39 is 5.54 Å². The summed E-state index contributed by atoms with van der Waals surface area (Å²) >= 11 is 1.82. The summed E-state index contributed by atoms with van der Waals surface area (Å²) < 4.78 is 0. The number of hydrogen-bond donors (Lipinski definition) is 2. The summed E-state index contributed by atoms with van der Waals surface area (Å²) in [7, 11) is 0. The van der Waals surface area contributed by atoms with Crippen molar-refractivity contribution < 1.29 is 4.79 Å². The number of amides is 1. The molecule has 2 fully saturated rings. The number of thioether (sulfide) groups is 1. The van der Waals surface area contributed by atoms with Crippen LogP contribution < -0.4 is 11.1 Å². The molecule has 1 atom stereocenters. The van der Waals surface area contributed by atoms with Gasteiger partial charge in [0.05, 0.1) is 0 Å². The molecule has 0 spiro atoms. The lowest BCUT2D eigenvalue weighted by molar-refractivity contribution is -0.124. The van der Waals surface area contributed by atoms with Crippen molar-refractivity contribution in [3.05, 3.63) is 0 Å². The molecule has 0 aliphatic heterocycles. The molecule has 15 heavy (non-hydrogen) atoms. The minimum Gasteiger partial charge on any atom is -0.368 e. The lowest BCUT2D eigenvalue weighted by atomic mass is 9.94. The summed E-state index contributed by atoms with van der Waals surface area (Å²) in [6.07, 6.45) is 4.73. The maximum atomic E-state index is 11.7. The predicted octanol–water partition coefficient (Wildman–Crippen LogP) is 1.13. The van der Waals surface area contributed by atoms with E-state index in [0.717, 1.165) is 24.3 Å². The Morgan fingerprint density at radius 2 is 2.13 bits per heavy atom. The number of carbonyl (C=O) groups excluding carboxylic acids is 1. The largest absolute Gasteiger partial charge is 0.368 e. The second-order valence-electron chi connectivity index (χ2n) is 4.67. The van der Waals surface area contributed by atoms with Crippen molar-refractivity contribution in [2.24, 2.45) is 11.7 Å². The molecule has 0 heterocycles. The van der Waals surface area contributed by atoms with E-state index in [4.69, 9.17) is 5.73 Å². The van der Waals surface area contributed by atoms with Gasteiger partial charge in [-0.2, -0.15) is 11.8 Å². The van der Waals surface area contributed by atoms with Crippen LogP contribution in [0.2, 0.25) is 0 Å². The van der Waals surface area contributed by atoms with E-state index in [9.17, 15) is 4.79 Å². The summed E-state index contributed by atoms with van der Waals surface area (Å²) in [5.41, 5.74) is 5.21. The van der Waals surface area contributed by atoms with Crippen molar-refractivity contribution in [2.75, 3.05) is 11.5 Å². The van der Waals surface area contributed by atoms with Crippen LogP contribution in [0.25, 0.3) is 0 Å². The molecule has 86 valence electrons. The fourth-order valence-corrected chi connectivity index (χ4v) is 3.04. The smallest absolute Gasteiger partial charge is 0.238 e. The van der Waals surface area contributed by atoms with E-state index >= 15 is 0 Å². The number of primary amides is 1. The van der Waals surface area contributed by atoms with Gasteiger partial charge < -0.3 is 5.73 Å². The standard InChI is InChI=1S/C11H20N2OS/c1-2-15-7-11(10(12)14,8-3-4-8)13-9-5-6-9/h8-9,13H,2-7H2,1H3,(H2,12,14). The SMILES string of the molecule is CCSCC(NC1CC1)(C(N)=O)C1CC1. The number of nitrogens with one attached hydrogen (secondary N) is 1. The third-order valence-corrected chi connectivity index (χ3v) is 4.35. The van der Waals surface area contributed by atoms with Gasteiger partial charge in [0.1, 0.15) is 5.54 Å². The van der Waals surface area contributed by atoms with Crippen LogP contribution in [0.5, 0.6) is 0 Å². The van der Waals surface area contributed by atoms with Crippen molar-refractivity contribution in [2.45, 2.75) is 44.2 Å². The van der Waals surface area contributed by atoms with E-state index in [1.807, 2.05) is 11.8 Å². The van der Waals surface area contributed by atoms with Gasteiger partial charge in [0.2, 0.25) is 5.91 Å². The lowest BCUT2D eigenvalue weighted by Gasteiger charge is -2.32. The predicted molar refractivity (Wildman–Crippen MR) is 63.8 cm³/mol. The van der Waals surface area contributed by atoms with Gasteiger partial charge in [-0.3, -0.25) is 10.1 Å². The van der Waals surface area contributed by atoms with Gasteiger partial charge in [-0.15, -0.1) is 0 Å². The number of nitrogens with two attached hydrogens (primary N) is 1. The highest BCUT2D eigenvalue weighted by atomic mass is 32.2. The summed E-state index contributed by atoms with van der Waals surface area (Å²) in [5, 5.41) is 3.51. The first-order chi connectivity index (χ1) is 7.19. The summed E-state index contributed by atoms with van der Waals surface area (Å²) in [6.45, 7) is 2.13. The van der Waals surface area contributed by atoms with Gasteiger partial charge in [0, 0.05) is 11.8 Å². The second kappa shape index (κ2) is 4.34. The molecule has 1 unspecified atom stereocenters. The molecule has 0 aromatic heterocycles. The Morgan fingerprint density at radius 3 is 2.53 bits per heavy atom. The van der Waals surface area contributed by atoms with Gasteiger partial charge in [-0.25, -0.2) is 0 Å². The molecule has 0 bridgehead atoms. The third kappa shape index (κ3) is 2.48. The first-order valence-corrected chi connectivity index (χ1v) is 7.00. The molecule has 0 radical (unpaired) electrons. The van der Waals surface area contributed by atoms with E-state index in [1.54, 1.807) is 0 Å². The molecule has 1 amide bonds. The van der Waals surface area contributed by atoms with Crippen LogP contribution in [0.4, 0.5) is 0 Å². The van der Waals surface area contributed by atoms with Crippen LogP contribution >= 0.6 is 11.8 Å². The molecule has 0 saturated heterocycles. The van der Waals surface area contributed by atoms with Crippen molar-refractivity contribution in [3.63, 3.8) is 0 Å². The second-order valence-corrected chi connectivity index (χ2v) is 5.94. The number of carbonyl (C=O) groups is 1. The van der Waals surface area contributed by atoms with Gasteiger partial charge in [-0.05, 0) is 37.4 Å². The summed E-state index contributed by atoms with van der Waals surface area (Å²) in [6, 6.07) is 0.551. The average Bonchev–Trinajstić information content (AvgIpc) is 3.00. The maximum absolute atomic E-state index is 11.7. The highest BCUT2D eigenvalue weighted by molar-refractivity contribution is 7.99. The molecule has 0 aromatic rings. The van der Waals surface area contributed by atoms with Gasteiger partial charge >= 0.3 is 0 Å². The Bertz CT molecular complexity index is 251. The molecule has 3 N–H and O–H groups in total. The maximum Gasteiger partial charge on any atom is 0.238 e. The summed E-state index contributed by atoms with van der Waals surface area (Å²) in [4.78, 5) is 11.7. The molecule has 0 aromatic carbocycles. The average molecular weight is 228 g/mol. The highest BCUT2D eigenvalue weighted by Gasteiger charge is 2.51. The van der Waals surface area contributed by atoms with Gasteiger partial charge in [-0.1, -0.05) is 6.92 Å². The third-order valence-electron chi connectivity index (χ3n) is 3.29. The molecule has 2 rings (SSSR count). The van der Waals surface area contributed by atoms with Gasteiger partial charge in [0.25, 0.3) is 0 Å². The fraction of sp³-hybridized carbons (Fsp3) is 0.909. The van der Waals surface area contributed by atoms with E-state index in [1.165, 1.54) is 12.8 Å². The van der Waals surface area contributed by atoms with E-state index in [2.05, 4.69) is 12.2 Å². The van der Waals surface area contributed by atoms with Crippen LogP contribution in [0, 0.1) is 5.92 Å².